The van der Waals surface area contributed by atoms with Crippen molar-refractivity contribution in [3.05, 3.63) is 42.2 Å². The molecule has 0 aliphatic heterocycles. The van der Waals surface area contributed by atoms with E-state index >= 15 is 0 Å². The fourth-order valence-electron chi connectivity index (χ4n) is 2.74. The summed E-state index contributed by atoms with van der Waals surface area (Å²) in [7, 11) is 0. The number of rotatable bonds is 3. The molecule has 0 saturated heterocycles. The maximum atomic E-state index is 13.3. The molecule has 1 aliphatic rings. The summed E-state index contributed by atoms with van der Waals surface area (Å²) in [4.78, 5) is 0. The maximum Gasteiger partial charge on any atom is 0.165 e. The zero-order chi connectivity index (χ0) is 12.3. The molecule has 1 nitrogen and oxygen atoms in total. The molecule has 0 unspecified atom stereocenters. The van der Waals surface area contributed by atoms with E-state index in [0.29, 0.717) is 5.92 Å². The van der Waals surface area contributed by atoms with Crippen LogP contribution in [0.3, 0.4) is 0 Å². The fraction of sp³-hybridized carbons (Fsp3) is 0.467. The summed E-state index contributed by atoms with van der Waals surface area (Å²) in [5.41, 5.74) is 1.03. The number of benzene rings is 1. The van der Waals surface area contributed by atoms with E-state index < -0.39 is 5.82 Å². The second-order valence-corrected chi connectivity index (χ2v) is 4.95. The largest absolute Gasteiger partial charge is 0.505 e. The third-order valence-electron chi connectivity index (χ3n) is 3.79. The number of phenols is 1. The molecule has 1 aromatic carbocycles. The second kappa shape index (κ2) is 5.35. The van der Waals surface area contributed by atoms with Crippen molar-refractivity contribution in [3.63, 3.8) is 0 Å². The third kappa shape index (κ3) is 2.87. The first-order valence-corrected chi connectivity index (χ1v) is 6.30. The Morgan fingerprint density at radius 3 is 2.59 bits per heavy atom. The molecular formula is C15H19FO. The van der Waals surface area contributed by atoms with Crippen LogP contribution in [0.2, 0.25) is 0 Å². The van der Waals surface area contributed by atoms with E-state index in [2.05, 4.69) is 6.58 Å². The molecule has 0 spiro atoms. The molecule has 0 atom stereocenters. The number of aromatic hydroxyl groups is 1. The van der Waals surface area contributed by atoms with Crippen LogP contribution in [0.25, 0.3) is 0 Å². The van der Waals surface area contributed by atoms with Gasteiger partial charge in [-0.05, 0) is 61.6 Å². The lowest BCUT2D eigenvalue weighted by Gasteiger charge is -2.28. The number of halogens is 1. The highest BCUT2D eigenvalue weighted by molar-refractivity contribution is 5.30. The van der Waals surface area contributed by atoms with E-state index in [1.165, 1.54) is 25.0 Å². The van der Waals surface area contributed by atoms with Gasteiger partial charge in [0.25, 0.3) is 0 Å². The first-order valence-electron chi connectivity index (χ1n) is 6.30. The van der Waals surface area contributed by atoms with Gasteiger partial charge in [0.2, 0.25) is 0 Å². The Morgan fingerprint density at radius 2 is 2.00 bits per heavy atom. The van der Waals surface area contributed by atoms with Gasteiger partial charge in [-0.1, -0.05) is 12.1 Å². The summed E-state index contributed by atoms with van der Waals surface area (Å²) in [6, 6.07) is 4.78. The highest BCUT2D eigenvalue weighted by atomic mass is 19.1. The third-order valence-corrected chi connectivity index (χ3v) is 3.79. The molecule has 1 N–H and O–H groups in total. The van der Waals surface area contributed by atoms with Crippen molar-refractivity contribution in [2.45, 2.75) is 38.0 Å². The summed E-state index contributed by atoms with van der Waals surface area (Å²) < 4.78 is 13.3. The van der Waals surface area contributed by atoms with Crippen LogP contribution in [0.15, 0.2) is 30.9 Å². The molecule has 1 saturated carbocycles. The van der Waals surface area contributed by atoms with E-state index in [1.54, 1.807) is 0 Å². The zero-order valence-electron chi connectivity index (χ0n) is 10.0. The lowest BCUT2D eigenvalue weighted by atomic mass is 9.77. The van der Waals surface area contributed by atoms with Crippen molar-refractivity contribution in [2.24, 2.45) is 5.92 Å². The molecule has 1 aromatic rings. The van der Waals surface area contributed by atoms with Crippen molar-refractivity contribution in [2.75, 3.05) is 0 Å². The highest BCUT2D eigenvalue weighted by Gasteiger charge is 2.22. The van der Waals surface area contributed by atoms with Crippen molar-refractivity contribution in [3.8, 4) is 5.75 Å². The van der Waals surface area contributed by atoms with Crippen LogP contribution in [-0.4, -0.2) is 5.11 Å². The topological polar surface area (TPSA) is 20.2 Å². The van der Waals surface area contributed by atoms with Gasteiger partial charge in [0.15, 0.2) is 11.6 Å². The van der Waals surface area contributed by atoms with Gasteiger partial charge in [-0.2, -0.15) is 0 Å². The fourth-order valence-corrected chi connectivity index (χ4v) is 2.74. The maximum absolute atomic E-state index is 13.3. The van der Waals surface area contributed by atoms with Crippen LogP contribution in [0, 0.1) is 11.7 Å². The Labute approximate surface area is 102 Å². The number of hydrogen-bond acceptors (Lipinski definition) is 1. The number of hydrogen-bond donors (Lipinski definition) is 1. The minimum Gasteiger partial charge on any atom is -0.505 e. The normalized spacial score (nSPS) is 24.5. The molecule has 0 bridgehead atoms. The lowest BCUT2D eigenvalue weighted by Crippen LogP contribution is -2.12. The van der Waals surface area contributed by atoms with Crippen LogP contribution < -0.4 is 0 Å². The SMILES string of the molecule is C=CCC1CCC(c2ccc(O)c(F)c2)CC1. The summed E-state index contributed by atoms with van der Waals surface area (Å²) in [5.74, 6) is 0.446. The highest BCUT2D eigenvalue weighted by Crippen LogP contribution is 2.37. The minimum absolute atomic E-state index is 0.255. The van der Waals surface area contributed by atoms with Gasteiger partial charge in [0.05, 0.1) is 0 Å². The molecular weight excluding hydrogens is 215 g/mol. The van der Waals surface area contributed by atoms with Crippen molar-refractivity contribution >= 4 is 0 Å². The van der Waals surface area contributed by atoms with Crippen molar-refractivity contribution in [1.29, 1.82) is 0 Å². The van der Waals surface area contributed by atoms with Crippen LogP contribution in [0.4, 0.5) is 4.39 Å². The molecule has 1 fully saturated rings. The molecule has 0 radical (unpaired) electrons. The van der Waals surface area contributed by atoms with Crippen LogP contribution >= 0.6 is 0 Å². The van der Waals surface area contributed by atoms with E-state index in [0.717, 1.165) is 30.7 Å². The monoisotopic (exact) mass is 234 g/mol. The molecule has 0 amide bonds. The number of phenolic OH excluding ortho intramolecular Hbond substituents is 1. The predicted octanol–water partition coefficient (Wildman–Crippen LogP) is 4.38. The minimum atomic E-state index is -0.504. The summed E-state index contributed by atoms with van der Waals surface area (Å²) in [5, 5.41) is 9.17. The predicted molar refractivity (Wildman–Crippen MR) is 67.6 cm³/mol. The number of allylic oxidation sites excluding steroid dienone is 1. The van der Waals surface area contributed by atoms with Gasteiger partial charge < -0.3 is 5.11 Å². The Hall–Kier alpha value is -1.31. The van der Waals surface area contributed by atoms with Crippen molar-refractivity contribution in [1.82, 2.24) is 0 Å². The Balaban J connectivity index is 2.00. The Kier molecular flexibility index (Phi) is 3.82. The van der Waals surface area contributed by atoms with Crippen LogP contribution in [-0.2, 0) is 0 Å². The van der Waals surface area contributed by atoms with E-state index in [-0.39, 0.29) is 5.75 Å². The average Bonchev–Trinajstić information content (AvgIpc) is 2.34. The quantitative estimate of drug-likeness (QED) is 0.769. The summed E-state index contributed by atoms with van der Waals surface area (Å²) >= 11 is 0. The van der Waals surface area contributed by atoms with Crippen LogP contribution in [0.1, 0.15) is 43.6 Å². The smallest absolute Gasteiger partial charge is 0.165 e. The first kappa shape index (κ1) is 12.2. The van der Waals surface area contributed by atoms with Gasteiger partial charge in [-0.25, -0.2) is 4.39 Å². The van der Waals surface area contributed by atoms with E-state index in [9.17, 15) is 4.39 Å². The average molecular weight is 234 g/mol. The molecule has 2 heteroatoms. The summed E-state index contributed by atoms with van der Waals surface area (Å²) in [6.45, 7) is 3.78. The van der Waals surface area contributed by atoms with Gasteiger partial charge in [-0.15, -0.1) is 6.58 Å². The molecule has 92 valence electrons. The van der Waals surface area contributed by atoms with Gasteiger partial charge in [-0.3, -0.25) is 0 Å². The zero-order valence-corrected chi connectivity index (χ0v) is 10.0. The molecule has 0 heterocycles. The van der Waals surface area contributed by atoms with Gasteiger partial charge in [0, 0.05) is 0 Å². The van der Waals surface area contributed by atoms with Crippen LogP contribution in [0.5, 0.6) is 5.75 Å². The first-order chi connectivity index (χ1) is 8.20. The van der Waals surface area contributed by atoms with E-state index in [1.807, 2.05) is 12.1 Å². The van der Waals surface area contributed by atoms with Gasteiger partial charge >= 0.3 is 0 Å². The molecule has 1 aliphatic carbocycles. The lowest BCUT2D eigenvalue weighted by molar-refractivity contribution is 0.327. The molecule has 17 heavy (non-hydrogen) atoms. The van der Waals surface area contributed by atoms with E-state index in [4.69, 9.17) is 5.11 Å². The summed E-state index contributed by atoms with van der Waals surface area (Å²) in [6.07, 6.45) is 7.70. The second-order valence-electron chi connectivity index (χ2n) is 4.95. The molecule has 0 aromatic heterocycles. The standard InChI is InChI=1S/C15H19FO/c1-2-3-11-4-6-12(7-5-11)13-8-9-15(17)14(16)10-13/h2,8-12,17H,1,3-7H2. The van der Waals surface area contributed by atoms with Crippen molar-refractivity contribution < 1.29 is 9.50 Å². The Morgan fingerprint density at radius 1 is 1.29 bits per heavy atom. The molecule has 2 rings (SSSR count). The van der Waals surface area contributed by atoms with Gasteiger partial charge in [0.1, 0.15) is 0 Å². The Bertz CT molecular complexity index is 392.